The molecule has 0 unspecified atom stereocenters. The van der Waals surface area contributed by atoms with Gasteiger partial charge in [0.2, 0.25) is 0 Å². The van der Waals surface area contributed by atoms with E-state index in [-0.39, 0.29) is 11.9 Å². The number of nitrogens with one attached hydrogen (secondary N) is 1. The number of ether oxygens (including phenoxy) is 1. The lowest BCUT2D eigenvalue weighted by atomic mass is 10.0. The molecule has 0 aliphatic carbocycles. The average molecular weight is 238 g/mol. The molecule has 0 saturated carbocycles. The lowest BCUT2D eigenvalue weighted by Crippen LogP contribution is -2.44. The Balaban J connectivity index is 2.19. The normalized spacial score (nSPS) is 19.0. The molecule has 2 rings (SSSR count). The zero-order chi connectivity index (χ0) is 12.3. The van der Waals surface area contributed by atoms with Crippen molar-refractivity contribution >= 4 is 0 Å². The van der Waals surface area contributed by atoms with Crippen LogP contribution in [0.25, 0.3) is 0 Å². The summed E-state index contributed by atoms with van der Waals surface area (Å²) in [4.78, 5) is 2.38. The molecule has 0 radical (unpaired) electrons. The molecule has 1 aromatic carbocycles. The van der Waals surface area contributed by atoms with E-state index in [0.717, 1.165) is 31.7 Å². The van der Waals surface area contributed by atoms with Gasteiger partial charge in [-0.15, -0.1) is 0 Å². The third kappa shape index (κ3) is 2.76. The maximum Gasteiger partial charge on any atom is 0.126 e. The summed E-state index contributed by atoms with van der Waals surface area (Å²) >= 11 is 0. The molecule has 0 bridgehead atoms. The maximum absolute atomic E-state index is 13.1. The second kappa shape index (κ2) is 5.47. The summed E-state index contributed by atoms with van der Waals surface area (Å²) in [6.45, 7) is 6.19. The summed E-state index contributed by atoms with van der Waals surface area (Å²) in [7, 11) is 1.59. The summed E-state index contributed by atoms with van der Waals surface area (Å²) in [5, 5.41) is 3.33. The third-order valence-corrected chi connectivity index (χ3v) is 3.34. The number of methoxy groups -OCH3 is 1. The van der Waals surface area contributed by atoms with Crippen molar-refractivity contribution in [1.29, 1.82) is 0 Å². The van der Waals surface area contributed by atoms with E-state index in [4.69, 9.17) is 4.74 Å². The molecular weight excluding hydrogens is 219 g/mol. The highest BCUT2D eigenvalue weighted by molar-refractivity contribution is 5.36. The third-order valence-electron chi connectivity index (χ3n) is 3.34. The van der Waals surface area contributed by atoms with Crippen LogP contribution in [0, 0.1) is 5.82 Å². The van der Waals surface area contributed by atoms with Gasteiger partial charge in [-0.2, -0.15) is 0 Å². The lowest BCUT2D eigenvalue weighted by Gasteiger charge is -2.33. The minimum Gasteiger partial charge on any atom is -0.496 e. The van der Waals surface area contributed by atoms with Crippen LogP contribution in [0.5, 0.6) is 5.75 Å². The van der Waals surface area contributed by atoms with Gasteiger partial charge in [0.15, 0.2) is 0 Å². The Morgan fingerprint density at radius 3 is 2.71 bits per heavy atom. The Morgan fingerprint density at radius 1 is 1.35 bits per heavy atom. The number of halogens is 1. The molecule has 1 aliphatic rings. The number of benzene rings is 1. The van der Waals surface area contributed by atoms with E-state index in [0.29, 0.717) is 5.75 Å². The highest BCUT2D eigenvalue weighted by Crippen LogP contribution is 2.29. The molecule has 4 heteroatoms. The van der Waals surface area contributed by atoms with E-state index in [1.165, 1.54) is 12.1 Å². The van der Waals surface area contributed by atoms with Gasteiger partial charge in [-0.1, -0.05) is 6.07 Å². The van der Waals surface area contributed by atoms with Crippen molar-refractivity contribution in [3.8, 4) is 5.75 Å². The van der Waals surface area contributed by atoms with Gasteiger partial charge in [-0.25, -0.2) is 4.39 Å². The number of piperazine rings is 1. The predicted molar refractivity (Wildman–Crippen MR) is 65.8 cm³/mol. The molecule has 0 amide bonds. The first-order valence-corrected chi connectivity index (χ1v) is 6.00. The van der Waals surface area contributed by atoms with Crippen LogP contribution in [0.1, 0.15) is 18.5 Å². The van der Waals surface area contributed by atoms with Crippen LogP contribution in [0.4, 0.5) is 4.39 Å². The van der Waals surface area contributed by atoms with Gasteiger partial charge in [0.25, 0.3) is 0 Å². The fourth-order valence-corrected chi connectivity index (χ4v) is 2.30. The second-order valence-electron chi connectivity index (χ2n) is 4.35. The highest BCUT2D eigenvalue weighted by Gasteiger charge is 2.20. The van der Waals surface area contributed by atoms with Gasteiger partial charge >= 0.3 is 0 Å². The minimum atomic E-state index is -0.252. The van der Waals surface area contributed by atoms with Crippen molar-refractivity contribution in [1.82, 2.24) is 10.2 Å². The molecule has 1 saturated heterocycles. The van der Waals surface area contributed by atoms with Gasteiger partial charge in [0, 0.05) is 43.9 Å². The van der Waals surface area contributed by atoms with E-state index in [1.54, 1.807) is 7.11 Å². The summed E-state index contributed by atoms with van der Waals surface area (Å²) in [5.41, 5.74) is 1.05. The van der Waals surface area contributed by atoms with Crippen LogP contribution < -0.4 is 10.1 Å². The minimum absolute atomic E-state index is 0.252. The topological polar surface area (TPSA) is 24.5 Å². The Kier molecular flexibility index (Phi) is 3.97. The average Bonchev–Trinajstić information content (AvgIpc) is 2.39. The molecule has 1 N–H and O–H groups in total. The van der Waals surface area contributed by atoms with Crippen LogP contribution in [0.15, 0.2) is 18.2 Å². The number of hydrogen-bond acceptors (Lipinski definition) is 3. The second-order valence-corrected chi connectivity index (χ2v) is 4.35. The monoisotopic (exact) mass is 238 g/mol. The molecule has 0 spiro atoms. The summed E-state index contributed by atoms with van der Waals surface area (Å²) in [6.07, 6.45) is 0. The van der Waals surface area contributed by atoms with Gasteiger partial charge < -0.3 is 10.1 Å². The summed E-state index contributed by atoms with van der Waals surface area (Å²) < 4.78 is 18.4. The largest absolute Gasteiger partial charge is 0.496 e. The van der Waals surface area contributed by atoms with E-state index >= 15 is 0 Å². The molecule has 1 heterocycles. The zero-order valence-electron chi connectivity index (χ0n) is 10.4. The standard InChI is InChI=1S/C13H19FN2O/c1-10(16-7-5-15-6-8-16)12-4-3-11(14)9-13(12)17-2/h3-4,9-10,15H,5-8H2,1-2H3/t10-/m1/s1. The summed E-state index contributed by atoms with van der Waals surface area (Å²) in [5.74, 6) is 0.383. The van der Waals surface area contributed by atoms with E-state index in [2.05, 4.69) is 17.1 Å². The zero-order valence-corrected chi connectivity index (χ0v) is 10.4. The van der Waals surface area contributed by atoms with Crippen LogP contribution in [-0.4, -0.2) is 38.2 Å². The van der Waals surface area contributed by atoms with E-state index in [1.807, 2.05) is 6.07 Å². The quantitative estimate of drug-likeness (QED) is 0.869. The molecule has 1 fully saturated rings. The Bertz CT molecular complexity index is 378. The van der Waals surface area contributed by atoms with Crippen molar-refractivity contribution in [3.63, 3.8) is 0 Å². The molecule has 17 heavy (non-hydrogen) atoms. The molecule has 94 valence electrons. The molecule has 1 aliphatic heterocycles. The SMILES string of the molecule is COc1cc(F)ccc1[C@@H](C)N1CCNCC1. The molecular formula is C13H19FN2O. The fraction of sp³-hybridized carbons (Fsp3) is 0.538. The predicted octanol–water partition coefficient (Wildman–Crippen LogP) is 1.80. The Morgan fingerprint density at radius 2 is 2.06 bits per heavy atom. The number of hydrogen-bond donors (Lipinski definition) is 1. The van der Waals surface area contributed by atoms with Gasteiger partial charge in [-0.05, 0) is 13.0 Å². The lowest BCUT2D eigenvalue weighted by molar-refractivity contribution is 0.182. The first-order valence-electron chi connectivity index (χ1n) is 6.00. The first kappa shape index (κ1) is 12.3. The smallest absolute Gasteiger partial charge is 0.126 e. The van der Waals surface area contributed by atoms with Gasteiger partial charge in [0.05, 0.1) is 7.11 Å². The summed E-state index contributed by atoms with van der Waals surface area (Å²) in [6, 6.07) is 5.03. The van der Waals surface area contributed by atoms with Crippen LogP contribution in [0.2, 0.25) is 0 Å². The van der Waals surface area contributed by atoms with E-state index < -0.39 is 0 Å². The molecule has 3 nitrogen and oxygen atoms in total. The molecule has 1 aromatic rings. The Hall–Kier alpha value is -1.13. The highest BCUT2D eigenvalue weighted by atomic mass is 19.1. The van der Waals surface area contributed by atoms with Gasteiger partial charge in [-0.3, -0.25) is 4.90 Å². The Labute approximate surface area is 102 Å². The van der Waals surface area contributed by atoms with Gasteiger partial charge in [0.1, 0.15) is 11.6 Å². The molecule has 0 aromatic heterocycles. The first-order chi connectivity index (χ1) is 8.22. The van der Waals surface area contributed by atoms with Crippen molar-refractivity contribution < 1.29 is 9.13 Å². The number of rotatable bonds is 3. The molecule has 1 atom stereocenters. The van der Waals surface area contributed by atoms with Crippen molar-refractivity contribution in [2.45, 2.75) is 13.0 Å². The van der Waals surface area contributed by atoms with Crippen molar-refractivity contribution in [3.05, 3.63) is 29.6 Å². The number of nitrogens with zero attached hydrogens (tertiary/aromatic N) is 1. The fourth-order valence-electron chi connectivity index (χ4n) is 2.30. The van der Waals surface area contributed by atoms with Crippen LogP contribution >= 0.6 is 0 Å². The van der Waals surface area contributed by atoms with E-state index in [9.17, 15) is 4.39 Å². The van der Waals surface area contributed by atoms with Crippen molar-refractivity contribution in [2.24, 2.45) is 0 Å². The maximum atomic E-state index is 13.1. The van der Waals surface area contributed by atoms with Crippen molar-refractivity contribution in [2.75, 3.05) is 33.3 Å². The van der Waals surface area contributed by atoms with Crippen LogP contribution in [-0.2, 0) is 0 Å². The van der Waals surface area contributed by atoms with Crippen LogP contribution in [0.3, 0.4) is 0 Å².